The van der Waals surface area contributed by atoms with Crippen molar-refractivity contribution in [2.45, 2.75) is 12.8 Å². The molecule has 0 spiro atoms. The number of halogens is 1. The fourth-order valence-electron chi connectivity index (χ4n) is 5.83. The Kier molecular flexibility index (Phi) is 7.51. The highest BCUT2D eigenvalue weighted by Gasteiger charge is 2.52. The Morgan fingerprint density at radius 2 is 0.757 bits per heavy atom. The van der Waals surface area contributed by atoms with E-state index in [1.54, 1.807) is 0 Å². The molecular weight excluding hydrogens is 494 g/mol. The van der Waals surface area contributed by atoms with Crippen LogP contribution in [0.2, 0.25) is 0 Å². The summed E-state index contributed by atoms with van der Waals surface area (Å²) in [5.74, 6) is 0. The molecule has 2 aliphatic rings. The topological polar surface area (TPSA) is 9.72 Å². The molecule has 0 aliphatic carbocycles. The maximum atomic E-state index is 18.5. The second-order valence-corrected chi connectivity index (χ2v) is 14.0. The molecule has 2 heterocycles. The van der Waals surface area contributed by atoms with Gasteiger partial charge < -0.3 is 18.3 Å². The third-order valence-corrected chi connectivity index (χ3v) is 12.6. The average Bonchev–Trinajstić information content (AvgIpc) is 2.96. The van der Waals surface area contributed by atoms with Gasteiger partial charge >= 0.3 is 6.83 Å². The average molecular weight is 526 g/mol. The van der Waals surface area contributed by atoms with Crippen molar-refractivity contribution in [3.63, 3.8) is 0 Å². The zero-order valence-corrected chi connectivity index (χ0v) is 22.8. The van der Waals surface area contributed by atoms with Gasteiger partial charge in [0, 0.05) is 0 Å². The zero-order chi connectivity index (χ0) is 25.1. The van der Waals surface area contributed by atoms with Gasteiger partial charge in [0.2, 0.25) is 0 Å². The molecule has 2 aliphatic heterocycles. The second-order valence-electron chi connectivity index (χ2n) is 9.67. The molecular formula is C30H32BFN3P2-. The highest BCUT2D eigenvalue weighted by atomic mass is 31.1. The summed E-state index contributed by atoms with van der Waals surface area (Å²) in [5.41, 5.74) is 0. The predicted molar refractivity (Wildman–Crippen MR) is 159 cm³/mol. The van der Waals surface area contributed by atoms with Gasteiger partial charge in [-0.3, -0.25) is 0 Å². The minimum Gasteiger partial charge on any atom is -0.462 e. The summed E-state index contributed by atoms with van der Waals surface area (Å²) in [5, 5.41) is 4.83. The van der Waals surface area contributed by atoms with Crippen LogP contribution in [0.25, 0.3) is 0 Å². The summed E-state index contributed by atoms with van der Waals surface area (Å²) in [6.45, 7) is 0.537. The summed E-state index contributed by atoms with van der Waals surface area (Å²) in [7, 11) is -2.07. The van der Waals surface area contributed by atoms with Gasteiger partial charge in [0.15, 0.2) is 0 Å². The third-order valence-electron chi connectivity index (χ3n) is 7.40. The summed E-state index contributed by atoms with van der Waals surface area (Å²) in [6, 6.07) is 42.4. The van der Waals surface area contributed by atoms with Crippen molar-refractivity contribution in [2.24, 2.45) is 0 Å². The first-order valence-corrected chi connectivity index (χ1v) is 15.8. The second kappa shape index (κ2) is 11.2. The maximum Gasteiger partial charge on any atom is 0.376 e. The smallest absolute Gasteiger partial charge is 0.376 e. The number of nitrogens with zero attached hydrogens (tertiary/aromatic N) is 3. The minimum atomic E-state index is -2.59. The van der Waals surface area contributed by atoms with Gasteiger partial charge in [0.25, 0.3) is 0 Å². The molecule has 0 radical (unpaired) electrons. The van der Waals surface area contributed by atoms with E-state index in [1.165, 1.54) is 21.2 Å². The third kappa shape index (κ3) is 4.81. The van der Waals surface area contributed by atoms with E-state index in [2.05, 4.69) is 135 Å². The van der Waals surface area contributed by atoms with Crippen LogP contribution < -0.4 is 21.2 Å². The van der Waals surface area contributed by atoms with Gasteiger partial charge in [-0.1, -0.05) is 121 Å². The maximum absolute atomic E-state index is 18.5. The number of benzene rings is 4. The van der Waals surface area contributed by atoms with E-state index >= 15 is 4.32 Å². The van der Waals surface area contributed by atoms with Crippen LogP contribution in [-0.4, -0.2) is 47.0 Å². The monoisotopic (exact) mass is 526 g/mol. The molecule has 4 aromatic rings. The van der Waals surface area contributed by atoms with Gasteiger partial charge in [-0.2, -0.15) is 0 Å². The van der Waals surface area contributed by atoms with E-state index in [0.717, 1.165) is 39.0 Å². The van der Waals surface area contributed by atoms with Crippen molar-refractivity contribution in [1.29, 1.82) is 0 Å². The molecule has 0 N–H and O–H groups in total. The lowest BCUT2D eigenvalue weighted by atomic mass is 9.77. The lowest BCUT2D eigenvalue weighted by Gasteiger charge is -2.66. The van der Waals surface area contributed by atoms with Crippen molar-refractivity contribution >= 4 is 44.2 Å². The molecule has 2 fully saturated rings. The van der Waals surface area contributed by atoms with Crippen LogP contribution in [0.3, 0.4) is 0 Å². The van der Waals surface area contributed by atoms with Crippen LogP contribution in [0.1, 0.15) is 12.8 Å². The van der Waals surface area contributed by atoms with Crippen LogP contribution in [0.15, 0.2) is 121 Å². The first-order valence-electron chi connectivity index (χ1n) is 13.2. The summed E-state index contributed by atoms with van der Waals surface area (Å²) >= 11 is 0. The quantitative estimate of drug-likeness (QED) is 0.253. The van der Waals surface area contributed by atoms with E-state index in [-0.39, 0.29) is 0 Å². The van der Waals surface area contributed by atoms with Gasteiger partial charge in [-0.15, -0.1) is 0 Å². The molecule has 188 valence electrons. The number of rotatable bonds is 6. The van der Waals surface area contributed by atoms with E-state index < -0.39 is 23.0 Å². The van der Waals surface area contributed by atoms with Crippen LogP contribution >= 0.6 is 16.1 Å². The molecule has 0 saturated carbocycles. The number of fused-ring (bicyclic) bond motifs is 1. The van der Waals surface area contributed by atoms with E-state index in [9.17, 15) is 0 Å². The largest absolute Gasteiger partial charge is 0.462 e. The highest BCUT2D eigenvalue weighted by molar-refractivity contribution is 7.74. The van der Waals surface area contributed by atoms with E-state index in [4.69, 9.17) is 0 Å². The van der Waals surface area contributed by atoms with Gasteiger partial charge in [0.1, 0.15) is 0 Å². The fraction of sp³-hybridized carbons (Fsp3) is 0.200. The van der Waals surface area contributed by atoms with Crippen molar-refractivity contribution in [3.8, 4) is 0 Å². The van der Waals surface area contributed by atoms with Crippen molar-refractivity contribution in [1.82, 2.24) is 14.0 Å². The molecule has 0 aromatic heterocycles. The lowest BCUT2D eigenvalue weighted by Crippen LogP contribution is -2.76. The Balaban J connectivity index is 1.51. The summed E-state index contributed by atoms with van der Waals surface area (Å²) in [4.78, 5) is 2.18. The minimum absolute atomic E-state index is 0.756. The Morgan fingerprint density at radius 3 is 1.05 bits per heavy atom. The van der Waals surface area contributed by atoms with Crippen molar-refractivity contribution in [3.05, 3.63) is 121 Å². The van der Waals surface area contributed by atoms with Gasteiger partial charge in [-0.05, 0) is 76.4 Å². The molecule has 6 rings (SSSR count). The molecule has 7 heteroatoms. The van der Waals surface area contributed by atoms with Gasteiger partial charge in [0.05, 0.1) is 0 Å². The Labute approximate surface area is 222 Å². The first-order chi connectivity index (χ1) is 18.3. The molecule has 37 heavy (non-hydrogen) atoms. The van der Waals surface area contributed by atoms with E-state index in [0.29, 0.717) is 0 Å². The molecule has 4 aromatic carbocycles. The lowest BCUT2D eigenvalue weighted by molar-refractivity contribution is 0.210. The Hall–Kier alpha value is -2.39. The molecule has 0 unspecified atom stereocenters. The van der Waals surface area contributed by atoms with Crippen molar-refractivity contribution < 1.29 is 4.32 Å². The number of hydrogen-bond donors (Lipinski definition) is 0. The zero-order valence-electron chi connectivity index (χ0n) is 21.0. The molecule has 0 atom stereocenters. The standard InChI is InChI=1S/C30H32BFN3P2/c32-31-33(23-13-25-34(31)36(27-15-5-1-6-16-27)28-17-7-2-8-18-28)24-14-26-35(31)37(29-19-9-3-10-20-29)30-21-11-4-12-22-30/h1-12,15-22H,13-14,23-26H2/q-1. The normalized spacial score (nSPS) is 18.7. The molecule has 2 saturated heterocycles. The van der Waals surface area contributed by atoms with Crippen LogP contribution in [0.4, 0.5) is 4.32 Å². The van der Waals surface area contributed by atoms with Crippen LogP contribution in [0, 0.1) is 0 Å². The van der Waals surface area contributed by atoms with Crippen LogP contribution in [0.5, 0.6) is 0 Å². The van der Waals surface area contributed by atoms with Gasteiger partial charge in [-0.25, -0.2) is 0 Å². The fourth-order valence-corrected chi connectivity index (χ4v) is 11.3. The predicted octanol–water partition coefficient (Wildman–Crippen LogP) is 5.20. The molecule has 0 bridgehead atoms. The molecule has 0 amide bonds. The number of hydrogen-bond acceptors (Lipinski definition) is 3. The SMILES string of the molecule is F[B-]12N(CCCN1P(c1ccccc1)c1ccccc1)CCCN2P(c1ccccc1)c1ccccc1. The Bertz CT molecular complexity index is 1110. The summed E-state index contributed by atoms with van der Waals surface area (Å²) in [6.07, 6.45) is 1.96. The Morgan fingerprint density at radius 1 is 0.459 bits per heavy atom. The summed E-state index contributed by atoms with van der Waals surface area (Å²) < 4.78 is 23.0. The molecule has 3 nitrogen and oxygen atoms in total. The van der Waals surface area contributed by atoms with Crippen LogP contribution in [-0.2, 0) is 0 Å². The first kappa shape index (κ1) is 24.9. The van der Waals surface area contributed by atoms with E-state index in [1.807, 2.05) is 0 Å². The van der Waals surface area contributed by atoms with Crippen molar-refractivity contribution in [2.75, 3.05) is 26.2 Å². The highest BCUT2D eigenvalue weighted by Crippen LogP contribution is 2.53.